The van der Waals surface area contributed by atoms with Crippen LogP contribution in [0.2, 0.25) is 0 Å². The van der Waals surface area contributed by atoms with Crippen molar-refractivity contribution in [2.75, 3.05) is 29.9 Å². The number of sulfonamides is 1. The molecule has 1 aromatic rings. The second-order valence-electron chi connectivity index (χ2n) is 4.26. The van der Waals surface area contributed by atoms with E-state index in [4.69, 9.17) is 0 Å². The molecule has 0 saturated heterocycles. The molecule has 0 aliphatic rings. The summed E-state index contributed by atoms with van der Waals surface area (Å²) < 4.78 is 39.0. The maximum Gasteiger partial charge on any atom is 0.244 e. The fourth-order valence-corrected chi connectivity index (χ4v) is 3.93. The topological polar surface area (TPSA) is 88.2 Å². The fourth-order valence-electron chi connectivity index (χ4n) is 1.51. The highest BCUT2D eigenvalue weighted by molar-refractivity contribution is 9.10. The van der Waals surface area contributed by atoms with Gasteiger partial charge < -0.3 is 5.32 Å². The van der Waals surface area contributed by atoms with Crippen LogP contribution < -0.4 is 10.0 Å². The van der Waals surface area contributed by atoms with E-state index in [2.05, 4.69) is 31.0 Å². The maximum atomic E-state index is 12.3. The molecule has 0 fully saturated rings. The summed E-state index contributed by atoms with van der Waals surface area (Å²) in [5.41, 5.74) is 0. The van der Waals surface area contributed by atoms with Gasteiger partial charge in [-0.05, 0) is 28.4 Å². The number of pyridine rings is 1. The third-order valence-corrected chi connectivity index (χ3v) is 5.81. The zero-order valence-electron chi connectivity index (χ0n) is 12.1. The molecule has 2 N–H and O–H groups in total. The first kappa shape index (κ1) is 18.5. The Balaban J connectivity index is 2.90. The second-order valence-corrected chi connectivity index (χ2v) is 8.77. The van der Waals surface area contributed by atoms with Gasteiger partial charge in [0.15, 0.2) is 0 Å². The summed E-state index contributed by atoms with van der Waals surface area (Å²) in [6.07, 6.45) is 2.41. The van der Waals surface area contributed by atoms with Crippen molar-refractivity contribution in [3.8, 4) is 0 Å². The second kappa shape index (κ2) is 8.82. The number of hydrogen-bond acceptors (Lipinski definition) is 5. The number of rotatable bonds is 9. The van der Waals surface area contributed by atoms with E-state index in [0.29, 0.717) is 28.3 Å². The first-order chi connectivity index (χ1) is 9.90. The minimum Gasteiger partial charge on any atom is -0.369 e. The lowest BCUT2D eigenvalue weighted by molar-refractivity contribution is 0.583. The third-order valence-electron chi connectivity index (χ3n) is 2.60. The molecule has 1 rings (SSSR count). The van der Waals surface area contributed by atoms with Crippen LogP contribution in [-0.2, 0) is 20.8 Å². The van der Waals surface area contributed by atoms with Gasteiger partial charge in [0.25, 0.3) is 0 Å². The van der Waals surface area contributed by atoms with Gasteiger partial charge in [-0.15, -0.1) is 0 Å². The van der Waals surface area contributed by atoms with E-state index in [9.17, 15) is 12.6 Å². The lowest BCUT2D eigenvalue weighted by atomic mass is 10.4. The molecule has 0 radical (unpaired) electrons. The van der Waals surface area contributed by atoms with Crippen molar-refractivity contribution in [1.82, 2.24) is 9.71 Å². The molecule has 1 aromatic heterocycles. The van der Waals surface area contributed by atoms with Crippen LogP contribution in [0.3, 0.4) is 0 Å². The predicted octanol–water partition coefficient (Wildman–Crippen LogP) is 1.71. The normalized spacial score (nSPS) is 13.1. The number of anilines is 1. The van der Waals surface area contributed by atoms with E-state index in [0.717, 1.165) is 6.42 Å². The highest BCUT2D eigenvalue weighted by Crippen LogP contribution is 2.22. The Bertz CT molecular complexity index is 593. The number of nitrogens with one attached hydrogen (secondary N) is 2. The van der Waals surface area contributed by atoms with Crippen molar-refractivity contribution in [1.29, 1.82) is 0 Å². The fraction of sp³-hybridized carbons (Fsp3) is 0.583. The molecule has 0 aromatic carbocycles. The Morgan fingerprint density at radius 3 is 2.67 bits per heavy atom. The van der Waals surface area contributed by atoms with Gasteiger partial charge in [0.1, 0.15) is 10.7 Å². The minimum atomic E-state index is -3.69. The van der Waals surface area contributed by atoms with Crippen LogP contribution >= 0.6 is 15.9 Å². The van der Waals surface area contributed by atoms with Crippen molar-refractivity contribution >= 4 is 42.6 Å². The van der Waals surface area contributed by atoms with Crippen LogP contribution in [0, 0.1) is 0 Å². The van der Waals surface area contributed by atoms with E-state index in [-0.39, 0.29) is 11.4 Å². The summed E-state index contributed by atoms with van der Waals surface area (Å²) in [6, 6.07) is 1.50. The van der Waals surface area contributed by atoms with Crippen LogP contribution in [0.4, 0.5) is 5.82 Å². The minimum absolute atomic E-state index is 0.0904. The van der Waals surface area contributed by atoms with Crippen molar-refractivity contribution in [3.05, 3.63) is 16.7 Å². The van der Waals surface area contributed by atoms with Crippen molar-refractivity contribution in [3.63, 3.8) is 0 Å². The monoisotopic (exact) mass is 397 g/mol. The predicted molar refractivity (Wildman–Crippen MR) is 89.5 cm³/mol. The van der Waals surface area contributed by atoms with Crippen LogP contribution in [0.15, 0.2) is 21.6 Å². The lowest BCUT2D eigenvalue weighted by Gasteiger charge is -2.12. The molecule has 6 nitrogen and oxygen atoms in total. The van der Waals surface area contributed by atoms with Crippen LogP contribution in [0.1, 0.15) is 20.3 Å². The Labute approximate surface area is 136 Å². The highest BCUT2D eigenvalue weighted by atomic mass is 79.9. The van der Waals surface area contributed by atoms with Gasteiger partial charge in [-0.3, -0.25) is 4.21 Å². The summed E-state index contributed by atoms with van der Waals surface area (Å²) in [5, 5.41) is 3.00. The first-order valence-corrected chi connectivity index (χ1v) is 10.4. The molecule has 0 aliphatic carbocycles. The Kier molecular flexibility index (Phi) is 7.78. The van der Waals surface area contributed by atoms with Crippen molar-refractivity contribution in [2.45, 2.75) is 25.2 Å². The Morgan fingerprint density at radius 2 is 2.05 bits per heavy atom. The molecular formula is C12H20BrN3O3S2. The number of nitrogens with zero attached hydrogens (tertiary/aromatic N) is 1. The van der Waals surface area contributed by atoms with E-state index < -0.39 is 20.8 Å². The average molecular weight is 398 g/mol. The van der Waals surface area contributed by atoms with Crippen LogP contribution in [0.5, 0.6) is 0 Å². The first-order valence-electron chi connectivity index (χ1n) is 6.64. The summed E-state index contributed by atoms with van der Waals surface area (Å²) in [7, 11) is -4.69. The van der Waals surface area contributed by atoms with E-state index in [1.807, 2.05) is 6.92 Å². The van der Waals surface area contributed by atoms with Gasteiger partial charge in [0.2, 0.25) is 10.0 Å². The molecule has 1 unspecified atom stereocenters. The molecule has 0 aliphatic heterocycles. The maximum absolute atomic E-state index is 12.3. The zero-order valence-corrected chi connectivity index (χ0v) is 15.3. The van der Waals surface area contributed by atoms with Crippen molar-refractivity contribution < 1.29 is 12.6 Å². The van der Waals surface area contributed by atoms with Gasteiger partial charge in [0.05, 0.1) is 0 Å². The van der Waals surface area contributed by atoms with Gasteiger partial charge in [-0.25, -0.2) is 18.1 Å². The highest BCUT2D eigenvalue weighted by Gasteiger charge is 2.20. The molecule has 1 atom stereocenters. The zero-order chi connectivity index (χ0) is 15.9. The number of hydrogen-bond donors (Lipinski definition) is 2. The summed E-state index contributed by atoms with van der Waals surface area (Å²) in [4.78, 5) is 4.19. The van der Waals surface area contributed by atoms with Gasteiger partial charge >= 0.3 is 0 Å². The molecule has 0 spiro atoms. The lowest BCUT2D eigenvalue weighted by Crippen LogP contribution is -2.29. The Hall–Kier alpha value is -0.510. The molecule has 0 amide bonds. The summed E-state index contributed by atoms with van der Waals surface area (Å²) in [5.74, 6) is 1.14. The SMILES string of the molecule is CCCNc1ncc(Br)cc1S(=O)(=O)NCCS(=O)CC. The van der Waals surface area contributed by atoms with Crippen LogP contribution in [-0.4, -0.2) is 42.2 Å². The van der Waals surface area contributed by atoms with E-state index >= 15 is 0 Å². The molecule has 0 bridgehead atoms. The largest absolute Gasteiger partial charge is 0.369 e. The van der Waals surface area contributed by atoms with Crippen molar-refractivity contribution in [2.24, 2.45) is 0 Å². The molecule has 0 saturated carbocycles. The molecule has 120 valence electrons. The molecular weight excluding hydrogens is 378 g/mol. The van der Waals surface area contributed by atoms with Gasteiger partial charge in [-0.1, -0.05) is 13.8 Å². The van der Waals surface area contributed by atoms with Gasteiger partial charge in [0, 0.05) is 46.1 Å². The van der Waals surface area contributed by atoms with Crippen LogP contribution in [0.25, 0.3) is 0 Å². The Morgan fingerprint density at radius 1 is 1.33 bits per heavy atom. The average Bonchev–Trinajstić information content (AvgIpc) is 2.45. The molecule has 1 heterocycles. The standard InChI is InChI=1S/C12H20BrN3O3S2/c1-3-5-14-12-11(8-10(13)9-15-12)21(18,19)16-6-7-20(17)4-2/h8-9,16H,3-7H2,1-2H3,(H,14,15). The smallest absolute Gasteiger partial charge is 0.244 e. The number of aromatic nitrogens is 1. The van der Waals surface area contributed by atoms with E-state index in [1.165, 1.54) is 6.07 Å². The summed E-state index contributed by atoms with van der Waals surface area (Å²) >= 11 is 3.23. The third kappa shape index (κ3) is 6.01. The quantitative estimate of drug-likeness (QED) is 0.661. The number of halogens is 1. The van der Waals surface area contributed by atoms with E-state index in [1.54, 1.807) is 13.1 Å². The summed E-state index contributed by atoms with van der Waals surface area (Å²) in [6.45, 7) is 4.56. The molecule has 21 heavy (non-hydrogen) atoms. The molecule has 9 heteroatoms. The van der Waals surface area contributed by atoms with Gasteiger partial charge in [-0.2, -0.15) is 0 Å².